The Kier molecular flexibility index (Phi) is 8.79. The number of para-hydroxylation sites is 1. The molecule has 0 aliphatic rings. The summed E-state index contributed by atoms with van der Waals surface area (Å²) in [6.45, 7) is 2.20. The van der Waals surface area contributed by atoms with Gasteiger partial charge in [0.25, 0.3) is 0 Å². The normalized spacial score (nSPS) is 9.95. The number of phenolic OH excluding ortho intramolecular Hbond substituents is 2. The van der Waals surface area contributed by atoms with Crippen molar-refractivity contribution in [2.75, 3.05) is 0 Å². The van der Waals surface area contributed by atoms with Crippen molar-refractivity contribution in [3.63, 3.8) is 0 Å². The Morgan fingerprint density at radius 2 is 1.50 bits per heavy atom. The SMILES string of the molecule is CCCCCCc1cccc(O)c1Cl.Oc1ccccc1Cl. The molecule has 2 aromatic carbocycles. The van der Waals surface area contributed by atoms with Crippen LogP contribution in [0.1, 0.15) is 38.2 Å². The van der Waals surface area contributed by atoms with Gasteiger partial charge < -0.3 is 10.2 Å². The fourth-order valence-corrected chi connectivity index (χ4v) is 2.31. The summed E-state index contributed by atoms with van der Waals surface area (Å²) in [7, 11) is 0. The number of hydrogen-bond acceptors (Lipinski definition) is 2. The molecule has 0 saturated carbocycles. The minimum absolute atomic E-state index is 0.133. The molecule has 0 bridgehead atoms. The zero-order valence-electron chi connectivity index (χ0n) is 12.7. The van der Waals surface area contributed by atoms with Crippen LogP contribution in [0.3, 0.4) is 0 Å². The van der Waals surface area contributed by atoms with Crippen molar-refractivity contribution in [3.8, 4) is 11.5 Å². The predicted molar refractivity (Wildman–Crippen MR) is 94.1 cm³/mol. The van der Waals surface area contributed by atoms with E-state index in [0.29, 0.717) is 10.0 Å². The van der Waals surface area contributed by atoms with E-state index in [1.807, 2.05) is 12.1 Å². The van der Waals surface area contributed by atoms with Crippen LogP contribution in [0.2, 0.25) is 10.0 Å². The van der Waals surface area contributed by atoms with Crippen LogP contribution in [0.25, 0.3) is 0 Å². The second kappa shape index (κ2) is 10.4. The maximum absolute atomic E-state index is 9.37. The summed E-state index contributed by atoms with van der Waals surface area (Å²) in [5.74, 6) is 0.328. The van der Waals surface area contributed by atoms with E-state index in [-0.39, 0.29) is 11.5 Å². The quantitative estimate of drug-likeness (QED) is 0.634. The first-order chi connectivity index (χ1) is 10.6. The monoisotopic (exact) mass is 340 g/mol. The highest BCUT2D eigenvalue weighted by Crippen LogP contribution is 2.27. The van der Waals surface area contributed by atoms with Crippen molar-refractivity contribution in [2.24, 2.45) is 0 Å². The van der Waals surface area contributed by atoms with E-state index in [1.54, 1.807) is 30.3 Å². The van der Waals surface area contributed by atoms with Crippen LogP contribution in [0, 0.1) is 0 Å². The molecule has 0 aliphatic carbocycles. The van der Waals surface area contributed by atoms with E-state index >= 15 is 0 Å². The van der Waals surface area contributed by atoms with Crippen LogP contribution >= 0.6 is 23.2 Å². The molecule has 2 aromatic rings. The number of halogens is 2. The highest BCUT2D eigenvalue weighted by atomic mass is 35.5. The van der Waals surface area contributed by atoms with Gasteiger partial charge in [0.1, 0.15) is 11.5 Å². The number of phenols is 2. The van der Waals surface area contributed by atoms with E-state index in [1.165, 1.54) is 19.3 Å². The van der Waals surface area contributed by atoms with Crippen LogP contribution < -0.4 is 0 Å². The first-order valence-electron chi connectivity index (χ1n) is 7.46. The number of hydrogen-bond donors (Lipinski definition) is 2. The molecule has 22 heavy (non-hydrogen) atoms. The Balaban J connectivity index is 0.000000255. The number of benzene rings is 2. The van der Waals surface area contributed by atoms with Gasteiger partial charge >= 0.3 is 0 Å². The van der Waals surface area contributed by atoms with Crippen LogP contribution in [-0.2, 0) is 6.42 Å². The van der Waals surface area contributed by atoms with Crippen LogP contribution in [0.4, 0.5) is 0 Å². The lowest BCUT2D eigenvalue weighted by atomic mass is 10.1. The van der Waals surface area contributed by atoms with Crippen molar-refractivity contribution in [2.45, 2.75) is 39.0 Å². The average molecular weight is 341 g/mol. The van der Waals surface area contributed by atoms with Crippen molar-refractivity contribution in [3.05, 3.63) is 58.1 Å². The van der Waals surface area contributed by atoms with E-state index in [2.05, 4.69) is 6.92 Å². The van der Waals surface area contributed by atoms with E-state index in [4.69, 9.17) is 28.3 Å². The van der Waals surface area contributed by atoms with E-state index in [9.17, 15) is 5.11 Å². The maximum Gasteiger partial charge on any atom is 0.134 e. The summed E-state index contributed by atoms with van der Waals surface area (Å²) in [6.07, 6.45) is 5.87. The summed E-state index contributed by atoms with van der Waals surface area (Å²) >= 11 is 11.4. The number of unbranched alkanes of at least 4 members (excludes halogenated alkanes) is 3. The molecule has 2 N–H and O–H groups in total. The molecule has 0 heterocycles. The van der Waals surface area contributed by atoms with Crippen molar-refractivity contribution < 1.29 is 10.2 Å². The summed E-state index contributed by atoms with van der Waals surface area (Å²) in [5.41, 5.74) is 1.06. The average Bonchev–Trinajstić information content (AvgIpc) is 2.51. The first kappa shape index (κ1) is 18.7. The molecule has 0 unspecified atom stereocenters. The van der Waals surface area contributed by atoms with Crippen molar-refractivity contribution in [1.29, 1.82) is 0 Å². The van der Waals surface area contributed by atoms with Gasteiger partial charge in [0.2, 0.25) is 0 Å². The van der Waals surface area contributed by atoms with Crippen LogP contribution in [0.15, 0.2) is 42.5 Å². The molecule has 0 saturated heterocycles. The van der Waals surface area contributed by atoms with E-state index in [0.717, 1.165) is 18.4 Å². The zero-order chi connectivity index (χ0) is 16.4. The largest absolute Gasteiger partial charge is 0.506 e. The number of rotatable bonds is 5. The fraction of sp³-hybridized carbons (Fsp3) is 0.333. The Bertz CT molecular complexity index is 550. The highest BCUT2D eigenvalue weighted by Gasteiger charge is 2.03. The first-order valence-corrected chi connectivity index (χ1v) is 8.21. The molecule has 2 nitrogen and oxygen atoms in total. The zero-order valence-corrected chi connectivity index (χ0v) is 14.2. The molecule has 0 fully saturated rings. The second-order valence-electron chi connectivity index (χ2n) is 5.01. The summed E-state index contributed by atoms with van der Waals surface area (Å²) < 4.78 is 0. The third-order valence-corrected chi connectivity index (χ3v) is 3.97. The highest BCUT2D eigenvalue weighted by molar-refractivity contribution is 6.32. The summed E-state index contributed by atoms with van der Waals surface area (Å²) in [5, 5.41) is 19.1. The van der Waals surface area contributed by atoms with Crippen molar-refractivity contribution in [1.82, 2.24) is 0 Å². The second-order valence-corrected chi connectivity index (χ2v) is 5.80. The Hall–Kier alpha value is -1.38. The summed E-state index contributed by atoms with van der Waals surface area (Å²) in [6, 6.07) is 12.1. The minimum atomic E-state index is 0.133. The lowest BCUT2D eigenvalue weighted by Gasteiger charge is -2.05. The molecular weight excluding hydrogens is 319 g/mol. The van der Waals surface area contributed by atoms with E-state index < -0.39 is 0 Å². The van der Waals surface area contributed by atoms with Crippen molar-refractivity contribution >= 4 is 23.2 Å². The standard InChI is InChI=1S/C12H17ClO.C6H5ClO/c1-2-3-4-5-7-10-8-6-9-11(14)12(10)13;7-5-3-1-2-4-6(5)8/h6,8-9,14H,2-5,7H2,1H3;1-4,8H. The molecular formula is C18H22Cl2O2. The third kappa shape index (κ3) is 6.59. The predicted octanol–water partition coefficient (Wildman–Crippen LogP) is 6.21. The van der Waals surface area contributed by atoms with Gasteiger partial charge in [-0.05, 0) is 36.6 Å². The molecule has 4 heteroatoms. The lowest BCUT2D eigenvalue weighted by molar-refractivity contribution is 0.474. The smallest absolute Gasteiger partial charge is 0.134 e. The molecule has 2 rings (SSSR count). The van der Waals surface area contributed by atoms with Gasteiger partial charge in [-0.25, -0.2) is 0 Å². The van der Waals surface area contributed by atoms with Gasteiger partial charge in [-0.15, -0.1) is 0 Å². The molecule has 0 spiro atoms. The molecule has 0 aliphatic heterocycles. The number of aromatic hydroxyl groups is 2. The fourth-order valence-electron chi connectivity index (χ4n) is 1.95. The molecule has 0 amide bonds. The molecule has 0 aromatic heterocycles. The third-order valence-electron chi connectivity index (χ3n) is 3.21. The maximum atomic E-state index is 9.37. The van der Waals surface area contributed by atoms with Crippen LogP contribution in [0.5, 0.6) is 11.5 Å². The summed E-state index contributed by atoms with van der Waals surface area (Å²) in [4.78, 5) is 0. The number of aryl methyl sites for hydroxylation is 1. The topological polar surface area (TPSA) is 40.5 Å². The Labute approximate surface area is 142 Å². The van der Waals surface area contributed by atoms with Crippen LogP contribution in [-0.4, -0.2) is 10.2 Å². The lowest BCUT2D eigenvalue weighted by Crippen LogP contribution is -1.87. The molecule has 0 radical (unpaired) electrons. The van der Waals surface area contributed by atoms with Gasteiger partial charge in [0.05, 0.1) is 10.0 Å². The molecule has 0 atom stereocenters. The Morgan fingerprint density at radius 3 is 2.09 bits per heavy atom. The molecule has 120 valence electrons. The van der Waals surface area contributed by atoms with Gasteiger partial charge in [-0.1, -0.05) is 73.7 Å². The van der Waals surface area contributed by atoms with Gasteiger partial charge in [0.15, 0.2) is 0 Å². The van der Waals surface area contributed by atoms with Gasteiger partial charge in [0, 0.05) is 0 Å². The van der Waals surface area contributed by atoms with Gasteiger partial charge in [-0.2, -0.15) is 0 Å². The van der Waals surface area contributed by atoms with Gasteiger partial charge in [-0.3, -0.25) is 0 Å². The Morgan fingerprint density at radius 1 is 0.818 bits per heavy atom. The minimum Gasteiger partial charge on any atom is -0.506 e.